The lowest BCUT2D eigenvalue weighted by molar-refractivity contribution is -0.165. The maximum absolute atomic E-state index is 14.0. The van der Waals surface area contributed by atoms with Crippen LogP contribution in [0, 0.1) is 0 Å². The number of hydrogen-bond acceptors (Lipinski definition) is 8. The normalized spacial score (nSPS) is 18.2. The second-order valence-corrected chi connectivity index (χ2v) is 11.8. The predicted molar refractivity (Wildman–Crippen MR) is 150 cm³/mol. The number of ether oxygens (including phenoxy) is 3. The van der Waals surface area contributed by atoms with Crippen LogP contribution in [0.4, 0.5) is 0 Å². The van der Waals surface area contributed by atoms with Crippen LogP contribution >= 0.6 is 0 Å². The number of hydrogen-bond donors (Lipinski definition) is 1. The van der Waals surface area contributed by atoms with Crippen LogP contribution in [-0.4, -0.2) is 51.4 Å². The van der Waals surface area contributed by atoms with E-state index in [9.17, 15) is 18.0 Å². The predicted octanol–water partition coefficient (Wildman–Crippen LogP) is 3.99. The van der Waals surface area contributed by atoms with Gasteiger partial charge in [-0.3, -0.25) is 4.99 Å². The molecule has 0 saturated heterocycles. The molecule has 0 radical (unpaired) electrons. The molecule has 210 valence electrons. The number of sulfonamides is 1. The van der Waals surface area contributed by atoms with Crippen LogP contribution in [0.25, 0.3) is 0 Å². The SMILES string of the molecule is CCOC(=O)[C@]1([C@H](N=C(c2ccccc2)c2ccccc2)C(=O)OC(C)(C)C)NS(=O)(=O)c2ccc(OC)cc21. The Morgan fingerprint density at radius 1 is 0.950 bits per heavy atom. The van der Waals surface area contributed by atoms with Gasteiger partial charge in [0.2, 0.25) is 10.0 Å². The zero-order valence-corrected chi connectivity index (χ0v) is 23.8. The second kappa shape index (κ2) is 11.2. The van der Waals surface area contributed by atoms with E-state index in [1.165, 1.54) is 25.3 Å². The highest BCUT2D eigenvalue weighted by molar-refractivity contribution is 7.90. The number of methoxy groups -OCH3 is 1. The standard InChI is InChI=1S/C30H32N2O7S/c1-6-38-28(34)30(23-19-22(37-5)17-18-24(23)40(35,36)32-30)26(27(33)39-29(2,3)4)31-25(20-13-9-7-10-14-20)21-15-11-8-12-16-21/h7-19,26,32H,6H2,1-5H3/t26-,30+/m1/s1. The van der Waals surface area contributed by atoms with E-state index in [2.05, 4.69) is 4.72 Å². The van der Waals surface area contributed by atoms with Gasteiger partial charge < -0.3 is 14.2 Å². The first-order valence-electron chi connectivity index (χ1n) is 12.7. The Kier molecular flexibility index (Phi) is 8.13. The second-order valence-electron chi connectivity index (χ2n) is 10.1. The summed E-state index contributed by atoms with van der Waals surface area (Å²) in [6, 6.07) is 20.7. The van der Waals surface area contributed by atoms with Crippen LogP contribution < -0.4 is 9.46 Å². The van der Waals surface area contributed by atoms with E-state index >= 15 is 0 Å². The van der Waals surface area contributed by atoms with E-state index in [1.807, 2.05) is 60.7 Å². The molecular formula is C30H32N2O7S. The van der Waals surface area contributed by atoms with Crippen molar-refractivity contribution in [1.29, 1.82) is 0 Å². The van der Waals surface area contributed by atoms with E-state index in [0.29, 0.717) is 16.8 Å². The molecule has 3 aromatic carbocycles. The number of carbonyl (C=O) groups excluding carboxylic acids is 2. The average Bonchev–Trinajstić information content (AvgIpc) is 3.16. The highest BCUT2D eigenvalue weighted by Crippen LogP contribution is 2.43. The number of carbonyl (C=O) groups is 2. The van der Waals surface area contributed by atoms with Crippen molar-refractivity contribution in [3.05, 3.63) is 95.6 Å². The Morgan fingerprint density at radius 2 is 1.52 bits per heavy atom. The molecule has 1 heterocycles. The van der Waals surface area contributed by atoms with Crippen molar-refractivity contribution in [1.82, 2.24) is 4.72 Å². The smallest absolute Gasteiger partial charge is 0.334 e. The molecule has 0 aliphatic carbocycles. The summed E-state index contributed by atoms with van der Waals surface area (Å²) in [5.74, 6) is -1.63. The maximum Gasteiger partial charge on any atom is 0.334 e. The molecule has 9 nitrogen and oxygen atoms in total. The quantitative estimate of drug-likeness (QED) is 0.324. The molecule has 1 aliphatic rings. The van der Waals surface area contributed by atoms with Crippen LogP contribution in [0.15, 0.2) is 88.8 Å². The van der Waals surface area contributed by atoms with Crippen LogP contribution in [0.5, 0.6) is 5.75 Å². The lowest BCUT2D eigenvalue weighted by Gasteiger charge is -2.34. The fourth-order valence-electron chi connectivity index (χ4n) is 4.53. The Bertz CT molecular complexity index is 1490. The van der Waals surface area contributed by atoms with Crippen LogP contribution in [0.2, 0.25) is 0 Å². The van der Waals surface area contributed by atoms with Gasteiger partial charge in [-0.25, -0.2) is 18.0 Å². The van der Waals surface area contributed by atoms with Crippen molar-refractivity contribution in [3.63, 3.8) is 0 Å². The summed E-state index contributed by atoms with van der Waals surface area (Å²) in [5.41, 5.74) is -1.63. The zero-order chi connectivity index (χ0) is 29.1. The van der Waals surface area contributed by atoms with Crippen molar-refractivity contribution in [2.75, 3.05) is 13.7 Å². The summed E-state index contributed by atoms with van der Waals surface area (Å²) >= 11 is 0. The van der Waals surface area contributed by atoms with Gasteiger partial charge in [0.1, 0.15) is 11.4 Å². The summed E-state index contributed by atoms with van der Waals surface area (Å²) < 4.78 is 45.9. The maximum atomic E-state index is 14.0. The number of fused-ring (bicyclic) bond motifs is 1. The molecule has 0 amide bonds. The first-order valence-corrected chi connectivity index (χ1v) is 14.2. The number of nitrogens with one attached hydrogen (secondary N) is 1. The number of rotatable bonds is 8. The molecule has 40 heavy (non-hydrogen) atoms. The third-order valence-electron chi connectivity index (χ3n) is 6.19. The Labute approximate surface area is 234 Å². The van der Waals surface area contributed by atoms with Gasteiger partial charge in [-0.15, -0.1) is 0 Å². The van der Waals surface area contributed by atoms with Crippen LogP contribution in [0.1, 0.15) is 44.4 Å². The molecule has 0 saturated carbocycles. The number of nitrogens with zero attached hydrogens (tertiary/aromatic N) is 1. The Morgan fingerprint density at radius 3 is 2.02 bits per heavy atom. The van der Waals surface area contributed by atoms with Gasteiger partial charge in [-0.2, -0.15) is 4.72 Å². The minimum absolute atomic E-state index is 0.0228. The molecule has 4 rings (SSSR count). The molecule has 1 aliphatic heterocycles. The molecule has 0 spiro atoms. The fourth-order valence-corrected chi connectivity index (χ4v) is 6.13. The molecule has 3 aromatic rings. The van der Waals surface area contributed by atoms with Gasteiger partial charge in [0.05, 0.1) is 24.3 Å². The summed E-state index contributed by atoms with van der Waals surface area (Å²) in [4.78, 5) is 32.6. The fraction of sp³-hybridized carbons (Fsp3) is 0.300. The van der Waals surface area contributed by atoms with Crippen LogP contribution in [-0.2, 0) is 34.6 Å². The first-order chi connectivity index (χ1) is 18.9. The van der Waals surface area contributed by atoms with Crippen molar-refractivity contribution >= 4 is 27.7 Å². The van der Waals surface area contributed by atoms with Gasteiger partial charge in [0, 0.05) is 16.7 Å². The van der Waals surface area contributed by atoms with Crippen molar-refractivity contribution in [3.8, 4) is 5.75 Å². The Balaban J connectivity index is 2.10. The lowest BCUT2D eigenvalue weighted by atomic mass is 9.83. The van der Waals surface area contributed by atoms with E-state index in [4.69, 9.17) is 19.2 Å². The van der Waals surface area contributed by atoms with Gasteiger partial charge in [0.15, 0.2) is 11.6 Å². The molecule has 0 unspecified atom stereocenters. The zero-order valence-electron chi connectivity index (χ0n) is 23.0. The molecule has 1 N–H and O–H groups in total. The molecule has 0 aromatic heterocycles. The number of benzene rings is 3. The summed E-state index contributed by atoms with van der Waals surface area (Å²) in [5, 5.41) is 0. The van der Waals surface area contributed by atoms with Crippen molar-refractivity contribution in [2.45, 2.75) is 49.8 Å². The minimum Gasteiger partial charge on any atom is -0.497 e. The first kappa shape index (κ1) is 29.0. The summed E-state index contributed by atoms with van der Waals surface area (Å²) in [7, 11) is -2.86. The van der Waals surface area contributed by atoms with Crippen molar-refractivity contribution in [2.24, 2.45) is 4.99 Å². The van der Waals surface area contributed by atoms with E-state index in [-0.39, 0.29) is 22.8 Å². The van der Waals surface area contributed by atoms with Gasteiger partial charge in [-0.1, -0.05) is 60.7 Å². The molecule has 0 bridgehead atoms. The van der Waals surface area contributed by atoms with Gasteiger partial charge >= 0.3 is 11.9 Å². The molecule has 2 atom stereocenters. The third-order valence-corrected chi connectivity index (χ3v) is 7.71. The molecule has 10 heteroatoms. The topological polar surface area (TPSA) is 120 Å². The van der Waals surface area contributed by atoms with E-state index in [0.717, 1.165) is 0 Å². The van der Waals surface area contributed by atoms with E-state index in [1.54, 1.807) is 27.7 Å². The average molecular weight is 565 g/mol. The van der Waals surface area contributed by atoms with Gasteiger partial charge in [0.25, 0.3) is 0 Å². The minimum atomic E-state index is -4.27. The van der Waals surface area contributed by atoms with E-state index < -0.39 is 39.1 Å². The van der Waals surface area contributed by atoms with Crippen molar-refractivity contribution < 1.29 is 32.2 Å². The monoisotopic (exact) mass is 564 g/mol. The molecular weight excluding hydrogens is 532 g/mol. The Hall–Kier alpha value is -4.02. The number of esters is 2. The third kappa shape index (κ3) is 5.64. The summed E-state index contributed by atoms with van der Waals surface area (Å²) in [6.45, 7) is 6.54. The van der Waals surface area contributed by atoms with Gasteiger partial charge in [-0.05, 0) is 45.9 Å². The number of aliphatic imine (C=N–C) groups is 1. The largest absolute Gasteiger partial charge is 0.497 e. The van der Waals surface area contributed by atoms with Crippen LogP contribution in [0.3, 0.4) is 0 Å². The highest BCUT2D eigenvalue weighted by Gasteiger charge is 2.62. The highest BCUT2D eigenvalue weighted by atomic mass is 32.2. The molecule has 0 fully saturated rings. The lowest BCUT2D eigenvalue weighted by Crippen LogP contribution is -2.59. The summed E-state index contributed by atoms with van der Waals surface area (Å²) in [6.07, 6.45) is 0.